The second-order valence-corrected chi connectivity index (χ2v) is 4.99. The maximum Gasteiger partial charge on any atom is 0.295 e. The van der Waals surface area contributed by atoms with E-state index in [-0.39, 0.29) is 11.4 Å². The molecule has 110 valence electrons. The monoisotopic (exact) mass is 285 g/mol. The fraction of sp³-hybridized carbons (Fsp3) is 0.538. The number of nitro groups is 1. The van der Waals surface area contributed by atoms with Crippen molar-refractivity contribution in [1.82, 2.24) is 0 Å². The summed E-state index contributed by atoms with van der Waals surface area (Å²) in [4.78, 5) is 11.9. The van der Waals surface area contributed by atoms with E-state index >= 15 is 0 Å². The molecule has 1 aliphatic heterocycles. The Bertz CT molecular complexity index is 503. The summed E-state index contributed by atoms with van der Waals surface area (Å²) in [6.45, 7) is 1.55. The molecular weight excluding hydrogens is 268 g/mol. The Labute approximate surface area is 115 Å². The highest BCUT2D eigenvalue weighted by Gasteiger charge is 2.29. The molecule has 1 aromatic rings. The molecule has 0 radical (unpaired) electrons. The molecule has 2 N–H and O–H groups in total. The molecule has 0 amide bonds. The molecule has 1 heterocycles. The maximum atomic E-state index is 13.9. The van der Waals surface area contributed by atoms with Gasteiger partial charge in [0.2, 0.25) is 0 Å². The Kier molecular flexibility index (Phi) is 4.49. The van der Waals surface area contributed by atoms with E-state index in [1.807, 2.05) is 0 Å². The third kappa shape index (κ3) is 2.87. The van der Waals surface area contributed by atoms with Crippen LogP contribution >= 0.6 is 0 Å². The van der Waals surface area contributed by atoms with Gasteiger partial charge in [-0.1, -0.05) is 0 Å². The highest BCUT2D eigenvalue weighted by molar-refractivity contribution is 5.64. The Balaban J connectivity index is 2.25. The Morgan fingerprint density at radius 1 is 1.35 bits per heavy atom. The molecule has 0 spiro atoms. The standard InChI is InChI=1S/C13H17F2N3O2/c14-10-1-2-11(18(19)20)13(12(10)15)17-7-4-9(3-6-16)5-8-17/h1-2,9H,3-8,16H2. The molecule has 0 unspecified atom stereocenters. The average molecular weight is 285 g/mol. The van der Waals surface area contributed by atoms with Crippen molar-refractivity contribution in [3.05, 3.63) is 33.9 Å². The summed E-state index contributed by atoms with van der Waals surface area (Å²) in [6.07, 6.45) is 2.45. The van der Waals surface area contributed by atoms with E-state index in [0.29, 0.717) is 25.6 Å². The summed E-state index contributed by atoms with van der Waals surface area (Å²) >= 11 is 0. The van der Waals surface area contributed by atoms with Crippen molar-refractivity contribution in [2.45, 2.75) is 19.3 Å². The number of rotatable bonds is 4. The van der Waals surface area contributed by atoms with Crippen molar-refractivity contribution in [3.63, 3.8) is 0 Å². The van der Waals surface area contributed by atoms with Crippen LogP contribution in [0.1, 0.15) is 19.3 Å². The number of anilines is 1. The summed E-state index contributed by atoms with van der Waals surface area (Å²) < 4.78 is 27.2. The topological polar surface area (TPSA) is 72.4 Å². The zero-order valence-electron chi connectivity index (χ0n) is 11.0. The molecule has 0 bridgehead atoms. The van der Waals surface area contributed by atoms with Gasteiger partial charge in [-0.05, 0) is 37.8 Å². The molecule has 0 aliphatic carbocycles. The van der Waals surface area contributed by atoms with Crippen molar-refractivity contribution in [2.75, 3.05) is 24.5 Å². The Morgan fingerprint density at radius 3 is 2.55 bits per heavy atom. The van der Waals surface area contributed by atoms with Crippen molar-refractivity contribution >= 4 is 11.4 Å². The molecule has 2 rings (SSSR count). The number of halogens is 2. The first-order valence-electron chi connectivity index (χ1n) is 6.62. The molecule has 20 heavy (non-hydrogen) atoms. The molecule has 1 aromatic carbocycles. The van der Waals surface area contributed by atoms with E-state index in [9.17, 15) is 18.9 Å². The second-order valence-electron chi connectivity index (χ2n) is 4.99. The van der Waals surface area contributed by atoms with Crippen molar-refractivity contribution in [2.24, 2.45) is 11.7 Å². The molecule has 1 fully saturated rings. The Hall–Kier alpha value is -1.76. The molecule has 7 heteroatoms. The van der Waals surface area contributed by atoms with E-state index in [0.717, 1.165) is 31.4 Å². The van der Waals surface area contributed by atoms with Crippen LogP contribution in [0.15, 0.2) is 12.1 Å². The van der Waals surface area contributed by atoms with Gasteiger partial charge in [0, 0.05) is 19.2 Å². The van der Waals surface area contributed by atoms with Crippen LogP contribution in [-0.4, -0.2) is 24.6 Å². The number of piperidine rings is 1. The second kappa shape index (κ2) is 6.13. The molecular formula is C13H17F2N3O2. The first-order chi connectivity index (χ1) is 9.54. The smallest absolute Gasteiger partial charge is 0.295 e. The third-order valence-electron chi connectivity index (χ3n) is 3.75. The molecule has 0 saturated carbocycles. The van der Waals surface area contributed by atoms with Gasteiger partial charge in [0.25, 0.3) is 5.69 Å². The highest BCUT2D eigenvalue weighted by atomic mass is 19.2. The van der Waals surface area contributed by atoms with E-state index in [1.165, 1.54) is 0 Å². The lowest BCUT2D eigenvalue weighted by atomic mass is 9.93. The van der Waals surface area contributed by atoms with Crippen molar-refractivity contribution < 1.29 is 13.7 Å². The van der Waals surface area contributed by atoms with Gasteiger partial charge >= 0.3 is 0 Å². The number of nitro benzene ring substituents is 1. The van der Waals surface area contributed by atoms with Crippen LogP contribution in [-0.2, 0) is 0 Å². The van der Waals surface area contributed by atoms with Crippen molar-refractivity contribution in [1.29, 1.82) is 0 Å². The van der Waals surface area contributed by atoms with Gasteiger partial charge in [-0.15, -0.1) is 0 Å². The number of hydrogen-bond donors (Lipinski definition) is 1. The minimum atomic E-state index is -1.14. The molecule has 0 atom stereocenters. The van der Waals surface area contributed by atoms with Crippen LogP contribution in [0.2, 0.25) is 0 Å². The van der Waals surface area contributed by atoms with Crippen molar-refractivity contribution in [3.8, 4) is 0 Å². The summed E-state index contributed by atoms with van der Waals surface area (Å²) in [5.74, 6) is -1.75. The summed E-state index contributed by atoms with van der Waals surface area (Å²) in [5, 5.41) is 11.0. The minimum absolute atomic E-state index is 0.235. The van der Waals surface area contributed by atoms with E-state index in [2.05, 4.69) is 0 Å². The fourth-order valence-electron chi connectivity index (χ4n) is 2.66. The van der Waals surface area contributed by atoms with Gasteiger partial charge < -0.3 is 10.6 Å². The minimum Gasteiger partial charge on any atom is -0.363 e. The number of nitrogens with zero attached hydrogens (tertiary/aromatic N) is 2. The molecule has 5 nitrogen and oxygen atoms in total. The van der Waals surface area contributed by atoms with Gasteiger partial charge in [0.15, 0.2) is 17.3 Å². The van der Waals surface area contributed by atoms with Gasteiger partial charge in [-0.2, -0.15) is 0 Å². The molecule has 1 saturated heterocycles. The van der Waals surface area contributed by atoms with Crippen LogP contribution in [0.3, 0.4) is 0 Å². The van der Waals surface area contributed by atoms with E-state index in [4.69, 9.17) is 5.73 Å². The first-order valence-corrected chi connectivity index (χ1v) is 6.62. The highest BCUT2D eigenvalue weighted by Crippen LogP contribution is 2.35. The summed E-state index contributed by atoms with van der Waals surface area (Å²) in [6, 6.07) is 1.80. The molecule has 1 aliphatic rings. The average Bonchev–Trinajstić information content (AvgIpc) is 2.43. The van der Waals surface area contributed by atoms with Gasteiger partial charge in [-0.25, -0.2) is 8.78 Å². The quantitative estimate of drug-likeness (QED) is 0.681. The zero-order chi connectivity index (χ0) is 14.7. The lowest BCUT2D eigenvalue weighted by molar-refractivity contribution is -0.384. The molecule has 0 aromatic heterocycles. The van der Waals surface area contributed by atoms with Crippen LogP contribution in [0, 0.1) is 27.7 Å². The van der Waals surface area contributed by atoms with Gasteiger partial charge in [0.05, 0.1) is 4.92 Å². The van der Waals surface area contributed by atoms with Crippen LogP contribution in [0.25, 0.3) is 0 Å². The van der Waals surface area contributed by atoms with Crippen LogP contribution in [0.4, 0.5) is 20.2 Å². The predicted octanol–water partition coefficient (Wildman–Crippen LogP) is 2.44. The summed E-state index contributed by atoms with van der Waals surface area (Å²) in [5.41, 5.74) is 4.88. The Morgan fingerprint density at radius 2 is 2.00 bits per heavy atom. The van der Waals surface area contributed by atoms with E-state index < -0.39 is 16.6 Å². The fourth-order valence-corrected chi connectivity index (χ4v) is 2.66. The zero-order valence-corrected chi connectivity index (χ0v) is 11.0. The lowest BCUT2D eigenvalue weighted by Gasteiger charge is -2.33. The third-order valence-corrected chi connectivity index (χ3v) is 3.75. The maximum absolute atomic E-state index is 13.9. The first kappa shape index (κ1) is 14.6. The SMILES string of the molecule is NCCC1CCN(c2c([N+](=O)[O-])ccc(F)c2F)CC1. The number of nitrogens with two attached hydrogens (primary N) is 1. The van der Waals surface area contributed by atoms with Crippen LogP contribution < -0.4 is 10.6 Å². The largest absolute Gasteiger partial charge is 0.363 e. The van der Waals surface area contributed by atoms with E-state index in [1.54, 1.807) is 4.90 Å². The summed E-state index contributed by atoms with van der Waals surface area (Å²) in [7, 11) is 0. The normalized spacial score (nSPS) is 16.4. The predicted molar refractivity (Wildman–Crippen MR) is 71.6 cm³/mol. The number of hydrogen-bond acceptors (Lipinski definition) is 4. The van der Waals surface area contributed by atoms with Crippen LogP contribution in [0.5, 0.6) is 0 Å². The van der Waals surface area contributed by atoms with Gasteiger partial charge in [-0.3, -0.25) is 10.1 Å². The number of benzene rings is 1. The lowest BCUT2D eigenvalue weighted by Crippen LogP contribution is -2.35. The van der Waals surface area contributed by atoms with Gasteiger partial charge in [0.1, 0.15) is 0 Å².